The number of ether oxygens (including phenoxy) is 1. The van der Waals surface area contributed by atoms with Crippen molar-refractivity contribution in [2.24, 2.45) is 0 Å². The van der Waals surface area contributed by atoms with E-state index in [2.05, 4.69) is 15.6 Å². The van der Waals surface area contributed by atoms with Crippen LogP contribution >= 0.6 is 0 Å². The third-order valence-electron chi connectivity index (χ3n) is 5.58. The SMILES string of the molecule is COc1ccccc1Nc1ncccc1C(=O)N1CCC(NC(=O)c2occc2C)CC1. The van der Waals surface area contributed by atoms with E-state index in [1.807, 2.05) is 31.2 Å². The molecule has 32 heavy (non-hydrogen) atoms. The Morgan fingerprint density at radius 1 is 1.12 bits per heavy atom. The first-order valence-corrected chi connectivity index (χ1v) is 10.6. The van der Waals surface area contributed by atoms with E-state index in [1.54, 1.807) is 36.4 Å². The Hall–Kier alpha value is -3.81. The quantitative estimate of drug-likeness (QED) is 0.613. The molecule has 0 atom stereocenters. The molecule has 0 radical (unpaired) electrons. The second-order valence-corrected chi connectivity index (χ2v) is 7.70. The van der Waals surface area contributed by atoms with Crippen molar-refractivity contribution in [3.8, 4) is 5.75 Å². The minimum absolute atomic E-state index is 0.00359. The molecule has 1 aliphatic heterocycles. The van der Waals surface area contributed by atoms with Crippen LogP contribution in [0.15, 0.2) is 59.3 Å². The van der Waals surface area contributed by atoms with Crippen LogP contribution in [0.1, 0.15) is 39.3 Å². The number of amides is 2. The maximum atomic E-state index is 13.2. The predicted molar refractivity (Wildman–Crippen MR) is 120 cm³/mol. The highest BCUT2D eigenvalue weighted by atomic mass is 16.5. The largest absolute Gasteiger partial charge is 0.495 e. The number of rotatable bonds is 6. The average Bonchev–Trinajstić information content (AvgIpc) is 3.26. The topological polar surface area (TPSA) is 96.7 Å². The van der Waals surface area contributed by atoms with Crippen molar-refractivity contribution >= 4 is 23.3 Å². The summed E-state index contributed by atoms with van der Waals surface area (Å²) >= 11 is 0. The number of hydrogen-bond acceptors (Lipinski definition) is 6. The molecule has 1 saturated heterocycles. The van der Waals surface area contributed by atoms with Gasteiger partial charge in [0.1, 0.15) is 11.6 Å². The number of nitrogens with one attached hydrogen (secondary N) is 2. The number of anilines is 2. The van der Waals surface area contributed by atoms with E-state index in [1.165, 1.54) is 6.26 Å². The molecule has 0 aliphatic carbocycles. The highest BCUT2D eigenvalue weighted by Gasteiger charge is 2.27. The zero-order chi connectivity index (χ0) is 22.5. The number of nitrogens with zero attached hydrogens (tertiary/aromatic N) is 2. The van der Waals surface area contributed by atoms with Crippen LogP contribution in [0.3, 0.4) is 0 Å². The Kier molecular flexibility index (Phi) is 6.39. The second-order valence-electron chi connectivity index (χ2n) is 7.70. The van der Waals surface area contributed by atoms with E-state index < -0.39 is 0 Å². The summed E-state index contributed by atoms with van der Waals surface area (Å²) in [6, 6.07) is 12.8. The van der Waals surface area contributed by atoms with Crippen LogP contribution in [0, 0.1) is 6.92 Å². The van der Waals surface area contributed by atoms with Gasteiger partial charge in [-0.1, -0.05) is 12.1 Å². The Morgan fingerprint density at radius 3 is 2.62 bits per heavy atom. The van der Waals surface area contributed by atoms with Gasteiger partial charge in [0.05, 0.1) is 24.6 Å². The molecule has 0 spiro atoms. The smallest absolute Gasteiger partial charge is 0.287 e. The number of methoxy groups -OCH3 is 1. The lowest BCUT2D eigenvalue weighted by Crippen LogP contribution is -2.46. The first kappa shape index (κ1) is 21.4. The minimum Gasteiger partial charge on any atom is -0.495 e. The number of hydrogen-bond donors (Lipinski definition) is 2. The molecule has 0 saturated carbocycles. The number of carbonyl (C=O) groups is 2. The summed E-state index contributed by atoms with van der Waals surface area (Å²) < 4.78 is 10.6. The number of likely N-dealkylation sites (tertiary alicyclic amines) is 1. The van der Waals surface area contributed by atoms with Gasteiger partial charge < -0.3 is 24.7 Å². The molecule has 1 aliphatic rings. The van der Waals surface area contributed by atoms with E-state index in [-0.39, 0.29) is 17.9 Å². The zero-order valence-corrected chi connectivity index (χ0v) is 18.1. The van der Waals surface area contributed by atoms with Gasteiger partial charge in [0.15, 0.2) is 5.76 Å². The summed E-state index contributed by atoms with van der Waals surface area (Å²) in [5.74, 6) is 1.17. The number of aromatic nitrogens is 1. The van der Waals surface area contributed by atoms with Crippen molar-refractivity contribution in [3.05, 3.63) is 71.8 Å². The van der Waals surface area contributed by atoms with Gasteiger partial charge in [-0.25, -0.2) is 4.98 Å². The lowest BCUT2D eigenvalue weighted by Gasteiger charge is -2.32. The second kappa shape index (κ2) is 9.55. The standard InChI is InChI=1S/C24H26N4O4/c1-16-11-15-32-21(16)23(29)26-17-9-13-28(14-10-17)24(30)18-6-5-12-25-22(18)27-19-7-3-4-8-20(19)31-2/h3-8,11-12,15,17H,9-10,13-14H2,1-2H3,(H,25,27)(H,26,29). The molecular formula is C24H26N4O4. The van der Waals surface area contributed by atoms with Crippen LogP contribution in [0.5, 0.6) is 5.75 Å². The minimum atomic E-state index is -0.215. The Labute approximate surface area is 186 Å². The fourth-order valence-corrected chi connectivity index (χ4v) is 3.81. The van der Waals surface area contributed by atoms with Crippen LogP contribution < -0.4 is 15.4 Å². The molecule has 1 aromatic carbocycles. The van der Waals surface area contributed by atoms with Gasteiger partial charge in [0, 0.05) is 30.9 Å². The Morgan fingerprint density at radius 2 is 1.91 bits per heavy atom. The van der Waals surface area contributed by atoms with Crippen molar-refractivity contribution in [2.45, 2.75) is 25.8 Å². The van der Waals surface area contributed by atoms with E-state index in [9.17, 15) is 9.59 Å². The fraction of sp³-hybridized carbons (Fsp3) is 0.292. The summed E-state index contributed by atoms with van der Waals surface area (Å²) in [5.41, 5.74) is 2.03. The first-order valence-electron chi connectivity index (χ1n) is 10.6. The fourth-order valence-electron chi connectivity index (χ4n) is 3.81. The monoisotopic (exact) mass is 434 g/mol. The predicted octanol–water partition coefficient (Wildman–Crippen LogP) is 3.77. The third kappa shape index (κ3) is 4.59. The van der Waals surface area contributed by atoms with E-state index in [0.717, 1.165) is 11.3 Å². The lowest BCUT2D eigenvalue weighted by atomic mass is 10.0. The highest BCUT2D eigenvalue weighted by molar-refractivity contribution is 5.99. The van der Waals surface area contributed by atoms with Gasteiger partial charge in [-0.15, -0.1) is 0 Å². The Bertz CT molecular complexity index is 1100. The molecule has 1 fully saturated rings. The molecule has 3 aromatic rings. The first-order chi connectivity index (χ1) is 15.6. The molecule has 4 rings (SSSR count). The van der Waals surface area contributed by atoms with Gasteiger partial charge in [0.2, 0.25) is 0 Å². The molecule has 8 nitrogen and oxygen atoms in total. The van der Waals surface area contributed by atoms with Crippen molar-refractivity contribution < 1.29 is 18.7 Å². The number of furan rings is 1. The van der Waals surface area contributed by atoms with Crippen LogP contribution in [-0.4, -0.2) is 47.9 Å². The number of aryl methyl sites for hydroxylation is 1. The number of pyridine rings is 1. The maximum Gasteiger partial charge on any atom is 0.287 e. The van der Waals surface area contributed by atoms with Gasteiger partial charge in [0.25, 0.3) is 11.8 Å². The number of benzene rings is 1. The molecule has 3 heterocycles. The van der Waals surface area contributed by atoms with Gasteiger partial charge in [-0.2, -0.15) is 0 Å². The molecule has 166 valence electrons. The summed E-state index contributed by atoms with van der Waals surface area (Å²) in [7, 11) is 1.60. The number of para-hydroxylation sites is 2. The molecule has 8 heteroatoms. The zero-order valence-electron chi connectivity index (χ0n) is 18.1. The number of piperidine rings is 1. The number of carbonyl (C=O) groups excluding carboxylic acids is 2. The van der Waals surface area contributed by atoms with Crippen LogP contribution in [0.4, 0.5) is 11.5 Å². The molecule has 2 aromatic heterocycles. The van der Waals surface area contributed by atoms with Crippen LogP contribution in [0.25, 0.3) is 0 Å². The highest BCUT2D eigenvalue weighted by Crippen LogP contribution is 2.28. The average molecular weight is 434 g/mol. The van der Waals surface area contributed by atoms with Gasteiger partial charge >= 0.3 is 0 Å². The van der Waals surface area contributed by atoms with Gasteiger partial charge in [-0.05, 0) is 50.1 Å². The van der Waals surface area contributed by atoms with Crippen molar-refractivity contribution in [2.75, 3.05) is 25.5 Å². The molecule has 2 amide bonds. The van der Waals surface area contributed by atoms with E-state index in [4.69, 9.17) is 9.15 Å². The molecular weight excluding hydrogens is 408 g/mol. The summed E-state index contributed by atoms with van der Waals surface area (Å²) in [6.45, 7) is 2.93. The molecule has 0 bridgehead atoms. The molecule has 0 unspecified atom stereocenters. The van der Waals surface area contributed by atoms with Crippen LogP contribution in [-0.2, 0) is 0 Å². The maximum absolute atomic E-state index is 13.2. The third-order valence-corrected chi connectivity index (χ3v) is 5.58. The summed E-state index contributed by atoms with van der Waals surface area (Å²) in [4.78, 5) is 31.8. The van der Waals surface area contributed by atoms with E-state index in [0.29, 0.717) is 48.8 Å². The normalized spacial score (nSPS) is 14.1. The van der Waals surface area contributed by atoms with E-state index >= 15 is 0 Å². The summed E-state index contributed by atoms with van der Waals surface area (Å²) in [6.07, 6.45) is 4.50. The van der Waals surface area contributed by atoms with Crippen molar-refractivity contribution in [3.63, 3.8) is 0 Å². The van der Waals surface area contributed by atoms with Crippen molar-refractivity contribution in [1.82, 2.24) is 15.2 Å². The van der Waals surface area contributed by atoms with Crippen molar-refractivity contribution in [1.29, 1.82) is 0 Å². The van der Waals surface area contributed by atoms with Crippen LogP contribution in [0.2, 0.25) is 0 Å². The lowest BCUT2D eigenvalue weighted by molar-refractivity contribution is 0.0696. The molecule has 2 N–H and O–H groups in total. The van der Waals surface area contributed by atoms with Gasteiger partial charge in [-0.3, -0.25) is 9.59 Å². The summed E-state index contributed by atoms with van der Waals surface area (Å²) in [5, 5.41) is 6.23. The Balaban J connectivity index is 1.40.